The number of halogens is 2. The van der Waals surface area contributed by atoms with Crippen molar-refractivity contribution in [1.82, 2.24) is 10.2 Å². The third-order valence-corrected chi connectivity index (χ3v) is 8.73. The monoisotopic (exact) mass is 621 g/mol. The average molecular weight is 622 g/mol. The Balaban J connectivity index is 1.81. The van der Waals surface area contributed by atoms with Crippen LogP contribution in [0.4, 0.5) is 10.1 Å². The number of carbonyl (C=O) groups is 2. The molecule has 0 aliphatic heterocycles. The highest BCUT2D eigenvalue weighted by atomic mass is 35.5. The van der Waals surface area contributed by atoms with Crippen LogP contribution in [-0.2, 0) is 32.6 Å². The van der Waals surface area contributed by atoms with E-state index in [2.05, 4.69) is 5.32 Å². The van der Waals surface area contributed by atoms with Gasteiger partial charge in [0.05, 0.1) is 10.6 Å². The van der Waals surface area contributed by atoms with Gasteiger partial charge < -0.3 is 10.2 Å². The van der Waals surface area contributed by atoms with Crippen LogP contribution in [0.2, 0.25) is 5.02 Å². The Labute approximate surface area is 257 Å². The predicted octanol–water partition coefficient (Wildman–Crippen LogP) is 5.84. The van der Waals surface area contributed by atoms with Gasteiger partial charge in [0.15, 0.2) is 0 Å². The number of hydrogen-bond donors (Lipinski definition) is 1. The zero-order chi connectivity index (χ0) is 31.0. The molecule has 0 unspecified atom stereocenters. The Morgan fingerprint density at radius 2 is 1.49 bits per heavy atom. The molecule has 0 radical (unpaired) electrons. The van der Waals surface area contributed by atoms with E-state index in [-0.39, 0.29) is 40.2 Å². The number of carbonyl (C=O) groups excluding carboxylic acids is 2. The minimum absolute atomic E-state index is 0.0261. The molecule has 0 bridgehead atoms. The highest BCUT2D eigenvalue weighted by Gasteiger charge is 2.35. The van der Waals surface area contributed by atoms with Gasteiger partial charge in [-0.15, -0.1) is 0 Å². The molecule has 0 saturated carbocycles. The molecule has 43 heavy (non-hydrogen) atoms. The van der Waals surface area contributed by atoms with Crippen molar-refractivity contribution in [1.29, 1.82) is 0 Å². The summed E-state index contributed by atoms with van der Waals surface area (Å²) in [7, 11) is -4.25. The second-order valence-corrected chi connectivity index (χ2v) is 12.6. The summed E-state index contributed by atoms with van der Waals surface area (Å²) < 4.78 is 43.8. The fraction of sp³-hybridized carbons (Fsp3) is 0.212. The van der Waals surface area contributed by atoms with Crippen LogP contribution in [0.5, 0.6) is 0 Å². The number of sulfonamides is 1. The number of nitrogens with zero attached hydrogens (tertiary/aromatic N) is 2. The first-order valence-corrected chi connectivity index (χ1v) is 15.6. The molecule has 0 aliphatic rings. The second kappa shape index (κ2) is 14.3. The molecular weight excluding hydrogens is 589 g/mol. The van der Waals surface area contributed by atoms with Gasteiger partial charge in [-0.3, -0.25) is 13.9 Å². The molecular formula is C33H33ClFN3O4S. The molecule has 0 saturated heterocycles. The topological polar surface area (TPSA) is 86.8 Å². The van der Waals surface area contributed by atoms with Crippen LogP contribution in [-0.4, -0.2) is 43.8 Å². The first-order valence-electron chi connectivity index (χ1n) is 13.8. The van der Waals surface area contributed by atoms with E-state index in [1.807, 2.05) is 30.3 Å². The number of hydrogen-bond acceptors (Lipinski definition) is 4. The molecule has 4 aromatic rings. The average Bonchev–Trinajstić information content (AvgIpc) is 2.99. The quantitative estimate of drug-likeness (QED) is 0.215. The third kappa shape index (κ3) is 8.21. The lowest BCUT2D eigenvalue weighted by atomic mass is 10.0. The van der Waals surface area contributed by atoms with Crippen LogP contribution < -0.4 is 9.62 Å². The van der Waals surface area contributed by atoms with Crippen LogP contribution in [0, 0.1) is 5.82 Å². The summed E-state index contributed by atoms with van der Waals surface area (Å²) in [5.41, 5.74) is 1.13. The smallest absolute Gasteiger partial charge is 0.264 e. The summed E-state index contributed by atoms with van der Waals surface area (Å²) in [6.45, 7) is 2.68. The largest absolute Gasteiger partial charge is 0.352 e. The maximum atomic E-state index is 14.9. The van der Waals surface area contributed by atoms with Crippen molar-refractivity contribution < 1.29 is 22.4 Å². The van der Waals surface area contributed by atoms with Crippen LogP contribution in [0.1, 0.15) is 25.0 Å². The molecule has 10 heteroatoms. The number of nitrogens with one attached hydrogen (secondary N) is 1. The Morgan fingerprint density at radius 1 is 0.860 bits per heavy atom. The molecule has 7 nitrogen and oxygen atoms in total. The van der Waals surface area contributed by atoms with Gasteiger partial charge in [-0.2, -0.15) is 0 Å². The third-order valence-electron chi connectivity index (χ3n) is 6.71. The summed E-state index contributed by atoms with van der Waals surface area (Å²) in [5.74, 6) is -1.68. The highest BCUT2D eigenvalue weighted by Crippen LogP contribution is 2.27. The number of anilines is 1. The normalized spacial score (nSPS) is 12.0. The molecule has 4 rings (SSSR count). The standard InChI is InChI=1S/C33H33ClFN3O4S/c1-24(2)36-33(40)31(20-25-12-5-3-6-13-25)37(22-26-14-9-10-19-30(26)35)32(39)23-38(28-16-11-15-27(34)21-28)43(41,42)29-17-7-4-8-18-29/h3-19,21,24,31H,20,22-23H2,1-2H3,(H,36,40)/t31-/m0/s1. The van der Waals surface area contributed by atoms with Crippen LogP contribution >= 0.6 is 11.6 Å². The van der Waals surface area contributed by atoms with E-state index < -0.39 is 40.2 Å². The van der Waals surface area contributed by atoms with E-state index in [9.17, 15) is 22.4 Å². The fourth-order valence-electron chi connectivity index (χ4n) is 4.62. The van der Waals surface area contributed by atoms with Gasteiger partial charge in [0.2, 0.25) is 11.8 Å². The lowest BCUT2D eigenvalue weighted by molar-refractivity contribution is -0.140. The molecule has 0 aliphatic carbocycles. The van der Waals surface area contributed by atoms with Crippen molar-refractivity contribution >= 4 is 39.1 Å². The zero-order valence-electron chi connectivity index (χ0n) is 23.9. The second-order valence-electron chi connectivity index (χ2n) is 10.3. The van der Waals surface area contributed by atoms with Gasteiger partial charge in [0.1, 0.15) is 18.4 Å². The van der Waals surface area contributed by atoms with Crippen molar-refractivity contribution in [3.63, 3.8) is 0 Å². The van der Waals surface area contributed by atoms with E-state index in [0.29, 0.717) is 0 Å². The molecule has 4 aromatic carbocycles. The summed E-state index contributed by atoms with van der Waals surface area (Å²) in [4.78, 5) is 29.2. The van der Waals surface area contributed by atoms with Gasteiger partial charge in [0.25, 0.3) is 10.0 Å². The fourth-order valence-corrected chi connectivity index (χ4v) is 6.24. The van der Waals surface area contributed by atoms with Crippen molar-refractivity contribution in [2.24, 2.45) is 0 Å². The lowest BCUT2D eigenvalue weighted by Crippen LogP contribution is -2.54. The van der Waals surface area contributed by atoms with E-state index in [0.717, 1.165) is 9.87 Å². The molecule has 0 fully saturated rings. The maximum absolute atomic E-state index is 14.9. The Hall–Kier alpha value is -4.21. The minimum atomic E-state index is -4.25. The lowest BCUT2D eigenvalue weighted by Gasteiger charge is -2.34. The summed E-state index contributed by atoms with van der Waals surface area (Å²) in [6.07, 6.45) is 0.127. The first-order chi connectivity index (χ1) is 20.6. The number of rotatable bonds is 12. The first kappa shape index (κ1) is 31.7. The van der Waals surface area contributed by atoms with Crippen LogP contribution in [0.15, 0.2) is 114 Å². The summed E-state index contributed by atoms with van der Waals surface area (Å²) in [6, 6.07) is 27.7. The minimum Gasteiger partial charge on any atom is -0.352 e. The van der Waals surface area contributed by atoms with Gasteiger partial charge in [-0.1, -0.05) is 84.4 Å². The molecule has 0 aromatic heterocycles. The maximum Gasteiger partial charge on any atom is 0.264 e. The Bertz CT molecular complexity index is 1650. The van der Waals surface area contributed by atoms with E-state index >= 15 is 0 Å². The molecule has 1 N–H and O–H groups in total. The molecule has 1 atom stereocenters. The molecule has 224 valence electrons. The van der Waals surface area contributed by atoms with Crippen molar-refractivity contribution in [2.75, 3.05) is 10.8 Å². The van der Waals surface area contributed by atoms with Gasteiger partial charge in [-0.25, -0.2) is 12.8 Å². The predicted molar refractivity (Wildman–Crippen MR) is 167 cm³/mol. The van der Waals surface area contributed by atoms with Crippen molar-refractivity contribution in [3.05, 3.63) is 131 Å². The van der Waals surface area contributed by atoms with Crippen molar-refractivity contribution in [2.45, 2.75) is 43.8 Å². The molecule has 2 amide bonds. The van der Waals surface area contributed by atoms with Crippen molar-refractivity contribution in [3.8, 4) is 0 Å². The highest BCUT2D eigenvalue weighted by molar-refractivity contribution is 7.92. The van der Waals surface area contributed by atoms with Crippen LogP contribution in [0.3, 0.4) is 0 Å². The van der Waals surface area contributed by atoms with Gasteiger partial charge >= 0.3 is 0 Å². The summed E-state index contributed by atoms with van der Waals surface area (Å²) >= 11 is 6.23. The zero-order valence-corrected chi connectivity index (χ0v) is 25.4. The molecule has 0 heterocycles. The van der Waals surface area contributed by atoms with Gasteiger partial charge in [-0.05, 0) is 55.8 Å². The summed E-state index contributed by atoms with van der Waals surface area (Å²) in [5, 5.41) is 3.15. The number of amides is 2. The molecule has 0 spiro atoms. The van der Waals surface area contributed by atoms with E-state index in [1.54, 1.807) is 50.2 Å². The SMILES string of the molecule is CC(C)NC(=O)[C@H](Cc1ccccc1)N(Cc1ccccc1F)C(=O)CN(c1cccc(Cl)c1)S(=O)(=O)c1ccccc1. The van der Waals surface area contributed by atoms with Crippen LogP contribution in [0.25, 0.3) is 0 Å². The van der Waals surface area contributed by atoms with Gasteiger partial charge in [0, 0.05) is 29.6 Å². The Morgan fingerprint density at radius 3 is 2.12 bits per heavy atom. The Kier molecular flexibility index (Phi) is 10.6. The van der Waals surface area contributed by atoms with E-state index in [1.165, 1.54) is 47.4 Å². The van der Waals surface area contributed by atoms with E-state index in [4.69, 9.17) is 11.6 Å². The number of benzene rings is 4.